The van der Waals surface area contributed by atoms with Crippen molar-refractivity contribution in [3.8, 4) is 39.1 Å². The van der Waals surface area contributed by atoms with E-state index in [9.17, 15) is 0 Å². The van der Waals surface area contributed by atoms with Crippen molar-refractivity contribution in [3.63, 3.8) is 0 Å². The summed E-state index contributed by atoms with van der Waals surface area (Å²) in [6, 6.07) is 86.1. The van der Waals surface area contributed by atoms with Crippen molar-refractivity contribution in [2.24, 2.45) is 0 Å². The van der Waals surface area contributed by atoms with Gasteiger partial charge in [0.25, 0.3) is 0 Å². The summed E-state index contributed by atoms with van der Waals surface area (Å²) in [6.45, 7) is 4.73. The third-order valence-electron chi connectivity index (χ3n) is 15.1. The van der Waals surface area contributed by atoms with Crippen LogP contribution in [0.5, 0.6) is 0 Å². The molecule has 14 rings (SSSR count). The van der Waals surface area contributed by atoms with Crippen molar-refractivity contribution >= 4 is 50.6 Å². The van der Waals surface area contributed by atoms with Crippen LogP contribution in [0.4, 0.5) is 17.1 Å². The maximum Gasteiger partial charge on any atom is 0.0736 e. The van der Waals surface area contributed by atoms with Crippen LogP contribution in [0, 0.1) is 0 Å². The molecule has 67 heavy (non-hydrogen) atoms. The quantitative estimate of drug-likeness (QED) is 0.170. The normalized spacial score (nSPS) is 14.3. The first-order chi connectivity index (χ1) is 33.0. The molecule has 0 unspecified atom stereocenters. The Hall–Kier alpha value is -7.85. The molecule has 1 aliphatic heterocycles. The fraction of sp³-hybridized carbons (Fsp3) is 0.0625. The SMILES string of the molecule is CC1(C)c2ccccc2-c2ccc(N(c3ccc(-c4ccccc4)cc3)c3ccc(-n4c5ccccc5c5cc6c(cc54)C4(c5ccccc5S6)c5ccccc5-c5ccccc54)cc3)cc21. The van der Waals surface area contributed by atoms with Gasteiger partial charge in [-0.3, -0.25) is 0 Å². The second-order valence-corrected chi connectivity index (χ2v) is 19.9. The van der Waals surface area contributed by atoms with Crippen LogP contribution in [0.2, 0.25) is 0 Å². The predicted octanol–water partition coefficient (Wildman–Crippen LogP) is 17.1. The molecule has 0 saturated carbocycles. The minimum Gasteiger partial charge on any atom is -0.310 e. The zero-order valence-corrected chi connectivity index (χ0v) is 38.1. The molecular weight excluding hydrogens is 829 g/mol. The van der Waals surface area contributed by atoms with Crippen molar-refractivity contribution in [1.29, 1.82) is 0 Å². The van der Waals surface area contributed by atoms with E-state index in [1.54, 1.807) is 0 Å². The molecule has 2 heterocycles. The molecule has 0 fully saturated rings. The van der Waals surface area contributed by atoms with Crippen molar-refractivity contribution < 1.29 is 0 Å². The number of rotatable bonds is 5. The van der Waals surface area contributed by atoms with Gasteiger partial charge in [-0.1, -0.05) is 183 Å². The number of nitrogens with zero attached hydrogens (tertiary/aromatic N) is 2. The van der Waals surface area contributed by atoms with E-state index in [2.05, 4.69) is 254 Å². The first-order valence-electron chi connectivity index (χ1n) is 23.3. The monoisotopic (exact) mass is 872 g/mol. The zero-order chi connectivity index (χ0) is 44.4. The third kappa shape index (κ3) is 5.41. The van der Waals surface area contributed by atoms with Gasteiger partial charge in [0.15, 0.2) is 0 Å². The van der Waals surface area contributed by atoms with Crippen LogP contribution in [-0.2, 0) is 10.8 Å². The highest BCUT2D eigenvalue weighted by atomic mass is 32.2. The van der Waals surface area contributed by atoms with Gasteiger partial charge in [0.2, 0.25) is 0 Å². The molecule has 0 amide bonds. The number of aromatic nitrogens is 1. The largest absolute Gasteiger partial charge is 0.310 e. The number of fused-ring (bicyclic) bond motifs is 15. The standard InChI is InChI=1S/C64H44N2S/c1-63(2)53-22-10-6-18-47(53)50-37-36-46(38-57(50)63)65(43-30-28-42(29-31-43)41-16-4-3-5-17-41)44-32-34-45(35-33-44)66-59-26-14-9-21-51(59)52-39-62-58(40-60(52)66)64(56-25-13-15-27-61(56)67-62)54-23-11-7-19-48(54)49-20-8-12-24-55(49)64/h3-40H,1-2H3. The average molecular weight is 873 g/mol. The van der Waals surface area contributed by atoms with Crippen LogP contribution >= 0.6 is 11.8 Å². The van der Waals surface area contributed by atoms with Crippen molar-refractivity contribution in [3.05, 3.63) is 264 Å². The minimum absolute atomic E-state index is 0.119. The number of benzene rings is 10. The number of para-hydroxylation sites is 1. The van der Waals surface area contributed by atoms with Crippen LogP contribution in [0.3, 0.4) is 0 Å². The molecule has 0 saturated heterocycles. The molecule has 1 aromatic heterocycles. The van der Waals surface area contributed by atoms with Crippen molar-refractivity contribution in [2.75, 3.05) is 4.90 Å². The lowest BCUT2D eigenvalue weighted by molar-refractivity contribution is 0.660. The van der Waals surface area contributed by atoms with Crippen molar-refractivity contribution in [1.82, 2.24) is 4.57 Å². The summed E-state index contributed by atoms with van der Waals surface area (Å²) in [5.41, 5.74) is 22.2. The van der Waals surface area contributed by atoms with Gasteiger partial charge in [-0.25, -0.2) is 0 Å². The lowest BCUT2D eigenvalue weighted by Gasteiger charge is -2.39. The van der Waals surface area contributed by atoms with Gasteiger partial charge < -0.3 is 9.47 Å². The second-order valence-electron chi connectivity index (χ2n) is 18.8. The first-order valence-corrected chi connectivity index (χ1v) is 24.1. The van der Waals surface area contributed by atoms with E-state index in [1.807, 2.05) is 11.8 Å². The molecule has 10 aromatic carbocycles. The maximum atomic E-state index is 2.53. The Labute approximate surface area is 395 Å². The summed E-state index contributed by atoms with van der Waals surface area (Å²) in [5, 5.41) is 2.52. The van der Waals surface area contributed by atoms with Crippen molar-refractivity contribution in [2.45, 2.75) is 34.5 Å². The molecular formula is C64H44N2S. The second kappa shape index (κ2) is 14.3. The lowest BCUT2D eigenvalue weighted by atomic mass is 9.67. The smallest absolute Gasteiger partial charge is 0.0736 e. The number of hydrogen-bond donors (Lipinski definition) is 0. The molecule has 0 bridgehead atoms. The van der Waals surface area contributed by atoms with Crippen LogP contribution in [0.25, 0.3) is 60.9 Å². The van der Waals surface area contributed by atoms with Gasteiger partial charge >= 0.3 is 0 Å². The molecule has 0 atom stereocenters. The molecule has 3 heteroatoms. The van der Waals surface area contributed by atoms with Crippen LogP contribution in [0.15, 0.2) is 240 Å². The summed E-state index contributed by atoms with van der Waals surface area (Å²) in [4.78, 5) is 5.05. The van der Waals surface area contributed by atoms with Crippen LogP contribution in [-0.4, -0.2) is 4.57 Å². The molecule has 0 N–H and O–H groups in total. The fourth-order valence-electron chi connectivity index (χ4n) is 12.1. The van der Waals surface area contributed by atoms with E-state index in [1.165, 1.54) is 98.4 Å². The Morgan fingerprint density at radius 1 is 0.358 bits per heavy atom. The Morgan fingerprint density at radius 2 is 0.896 bits per heavy atom. The summed E-state index contributed by atoms with van der Waals surface area (Å²) in [7, 11) is 0. The lowest BCUT2D eigenvalue weighted by Crippen LogP contribution is -2.32. The van der Waals surface area contributed by atoms with Gasteiger partial charge in [-0.05, 0) is 140 Å². The van der Waals surface area contributed by atoms with Gasteiger partial charge in [0.05, 0.1) is 16.4 Å². The van der Waals surface area contributed by atoms with E-state index < -0.39 is 5.41 Å². The van der Waals surface area contributed by atoms with Crippen LogP contribution in [0.1, 0.15) is 47.2 Å². The Bertz CT molecular complexity index is 3760. The van der Waals surface area contributed by atoms with Crippen LogP contribution < -0.4 is 4.90 Å². The number of anilines is 3. The Morgan fingerprint density at radius 3 is 1.61 bits per heavy atom. The van der Waals surface area contributed by atoms with Gasteiger partial charge in [0, 0.05) is 48.7 Å². The highest BCUT2D eigenvalue weighted by molar-refractivity contribution is 7.99. The predicted molar refractivity (Wildman–Crippen MR) is 280 cm³/mol. The molecule has 2 nitrogen and oxygen atoms in total. The maximum absolute atomic E-state index is 2.53. The molecule has 2 aliphatic carbocycles. The van der Waals surface area contributed by atoms with E-state index >= 15 is 0 Å². The summed E-state index contributed by atoms with van der Waals surface area (Å²) < 4.78 is 2.49. The van der Waals surface area contributed by atoms with Gasteiger partial charge in [-0.15, -0.1) is 0 Å². The van der Waals surface area contributed by atoms with Gasteiger partial charge in [0.1, 0.15) is 0 Å². The molecule has 1 spiro atoms. The molecule has 3 aliphatic rings. The highest BCUT2D eigenvalue weighted by Crippen LogP contribution is 2.63. The minimum atomic E-state index is -0.452. The van der Waals surface area contributed by atoms with E-state index in [-0.39, 0.29) is 5.41 Å². The van der Waals surface area contributed by atoms with Gasteiger partial charge in [-0.2, -0.15) is 0 Å². The summed E-state index contributed by atoms with van der Waals surface area (Å²) >= 11 is 1.91. The fourth-order valence-corrected chi connectivity index (χ4v) is 13.3. The summed E-state index contributed by atoms with van der Waals surface area (Å²) in [5.74, 6) is 0. The zero-order valence-electron chi connectivity index (χ0n) is 37.2. The molecule has 0 radical (unpaired) electrons. The third-order valence-corrected chi connectivity index (χ3v) is 16.2. The highest BCUT2D eigenvalue weighted by Gasteiger charge is 2.50. The van der Waals surface area contributed by atoms with E-state index in [0.29, 0.717) is 0 Å². The Kier molecular flexibility index (Phi) is 8.21. The summed E-state index contributed by atoms with van der Waals surface area (Å²) in [6.07, 6.45) is 0. The molecule has 316 valence electrons. The molecule has 11 aromatic rings. The van der Waals surface area contributed by atoms with E-state index in [0.717, 1.165) is 22.7 Å². The Balaban J connectivity index is 0.952. The van der Waals surface area contributed by atoms with E-state index in [4.69, 9.17) is 0 Å². The first kappa shape index (κ1) is 38.4. The topological polar surface area (TPSA) is 8.17 Å². The number of hydrogen-bond acceptors (Lipinski definition) is 2. The average Bonchev–Trinajstić information content (AvgIpc) is 3.95.